The fourth-order valence-electron chi connectivity index (χ4n) is 2.08. The van der Waals surface area contributed by atoms with Crippen molar-refractivity contribution in [1.82, 2.24) is 0 Å². The normalized spacial score (nSPS) is 10.8. The van der Waals surface area contributed by atoms with E-state index in [1.807, 2.05) is 19.9 Å². The molecule has 0 heterocycles. The van der Waals surface area contributed by atoms with Gasteiger partial charge >= 0.3 is 0 Å². The summed E-state index contributed by atoms with van der Waals surface area (Å²) in [4.78, 5) is 0. The monoisotopic (exact) mass is 389 g/mol. The number of aromatic hydroxyl groups is 1. The van der Waals surface area contributed by atoms with Gasteiger partial charge in [0.2, 0.25) is 0 Å². The van der Waals surface area contributed by atoms with E-state index in [-0.39, 0.29) is 21.9 Å². The van der Waals surface area contributed by atoms with Crippen molar-refractivity contribution in [2.45, 2.75) is 26.5 Å². The van der Waals surface area contributed by atoms with Crippen LogP contribution < -0.4 is 14.8 Å². The number of rotatable bonds is 6. The second kappa shape index (κ2) is 8.06. The van der Waals surface area contributed by atoms with Crippen LogP contribution in [0.15, 0.2) is 24.3 Å². The Labute approximate surface area is 156 Å². The Hall–Kier alpha value is -1.49. The van der Waals surface area contributed by atoms with Crippen molar-refractivity contribution in [3.8, 4) is 17.2 Å². The van der Waals surface area contributed by atoms with Crippen molar-refractivity contribution in [3.05, 3.63) is 44.9 Å². The molecule has 0 fully saturated rings. The standard InChI is InChI=1S/C17H18Cl3NO3/c1-9(2)24-16-7-12(18)10(4-15(16)23-3)8-21-11-5-13(19)17(22)14(20)6-11/h4-7,9,21-22H,8H2,1-3H3. The van der Waals surface area contributed by atoms with Gasteiger partial charge in [0.05, 0.1) is 23.3 Å². The number of ether oxygens (including phenoxy) is 2. The van der Waals surface area contributed by atoms with Crippen LogP contribution in [0.25, 0.3) is 0 Å². The van der Waals surface area contributed by atoms with E-state index in [1.165, 1.54) is 0 Å². The minimum Gasteiger partial charge on any atom is -0.505 e. The fraction of sp³-hybridized carbons (Fsp3) is 0.294. The van der Waals surface area contributed by atoms with Gasteiger partial charge in [-0.25, -0.2) is 0 Å². The van der Waals surface area contributed by atoms with Gasteiger partial charge in [-0.15, -0.1) is 0 Å². The third kappa shape index (κ3) is 4.53. The molecule has 0 aliphatic heterocycles. The van der Waals surface area contributed by atoms with Crippen LogP contribution in [0.5, 0.6) is 17.2 Å². The largest absolute Gasteiger partial charge is 0.505 e. The molecule has 2 rings (SSSR count). The van der Waals surface area contributed by atoms with Crippen LogP contribution in [0, 0.1) is 0 Å². The molecule has 0 saturated carbocycles. The zero-order valence-corrected chi connectivity index (χ0v) is 15.8. The van der Waals surface area contributed by atoms with Crippen LogP contribution in [0.4, 0.5) is 5.69 Å². The first-order valence-electron chi connectivity index (χ1n) is 7.26. The number of phenolic OH excluding ortho intramolecular Hbond substituents is 1. The number of halogens is 3. The van der Waals surface area contributed by atoms with E-state index in [2.05, 4.69) is 5.32 Å². The summed E-state index contributed by atoms with van der Waals surface area (Å²) in [7, 11) is 1.58. The lowest BCUT2D eigenvalue weighted by Crippen LogP contribution is -2.08. The second-order valence-corrected chi connectivity index (χ2v) is 6.62. The van der Waals surface area contributed by atoms with Crippen LogP contribution in [0.1, 0.15) is 19.4 Å². The minimum atomic E-state index is -0.140. The molecule has 7 heteroatoms. The first-order valence-corrected chi connectivity index (χ1v) is 8.40. The van der Waals surface area contributed by atoms with Gasteiger partial charge in [-0.05, 0) is 37.6 Å². The summed E-state index contributed by atoms with van der Waals surface area (Å²) in [6.45, 7) is 4.29. The van der Waals surface area contributed by atoms with E-state index in [1.54, 1.807) is 25.3 Å². The molecular weight excluding hydrogens is 373 g/mol. The van der Waals surface area contributed by atoms with Gasteiger partial charge < -0.3 is 19.9 Å². The number of benzene rings is 2. The van der Waals surface area contributed by atoms with E-state index in [0.717, 1.165) is 5.56 Å². The molecular formula is C17H18Cl3NO3. The molecule has 0 amide bonds. The van der Waals surface area contributed by atoms with Gasteiger partial charge in [0.15, 0.2) is 17.2 Å². The Balaban J connectivity index is 2.21. The molecule has 0 atom stereocenters. The maximum atomic E-state index is 9.59. The molecule has 0 spiro atoms. The summed E-state index contributed by atoms with van der Waals surface area (Å²) >= 11 is 18.2. The van der Waals surface area contributed by atoms with Crippen LogP contribution in [0.3, 0.4) is 0 Å². The Kier molecular flexibility index (Phi) is 6.33. The summed E-state index contributed by atoms with van der Waals surface area (Å²) in [6.07, 6.45) is 0.0141. The second-order valence-electron chi connectivity index (χ2n) is 5.40. The molecule has 2 N–H and O–H groups in total. The van der Waals surface area contributed by atoms with Crippen molar-refractivity contribution < 1.29 is 14.6 Å². The molecule has 0 unspecified atom stereocenters. The van der Waals surface area contributed by atoms with Crippen LogP contribution >= 0.6 is 34.8 Å². The average Bonchev–Trinajstić information content (AvgIpc) is 2.51. The number of nitrogens with one attached hydrogen (secondary N) is 1. The van der Waals surface area contributed by atoms with Gasteiger partial charge in [0.1, 0.15) is 0 Å². The highest BCUT2D eigenvalue weighted by atomic mass is 35.5. The molecule has 0 aromatic heterocycles. The average molecular weight is 391 g/mol. The lowest BCUT2D eigenvalue weighted by atomic mass is 10.2. The zero-order chi connectivity index (χ0) is 17.9. The van der Waals surface area contributed by atoms with E-state index in [0.29, 0.717) is 28.8 Å². The number of anilines is 1. The first-order chi connectivity index (χ1) is 11.3. The predicted molar refractivity (Wildman–Crippen MR) is 99.2 cm³/mol. The van der Waals surface area contributed by atoms with E-state index in [9.17, 15) is 5.11 Å². The van der Waals surface area contributed by atoms with Crippen LogP contribution in [-0.4, -0.2) is 18.3 Å². The van der Waals surface area contributed by atoms with Gasteiger partial charge in [-0.1, -0.05) is 34.8 Å². The van der Waals surface area contributed by atoms with Crippen molar-refractivity contribution in [1.29, 1.82) is 0 Å². The molecule has 2 aromatic rings. The lowest BCUT2D eigenvalue weighted by Gasteiger charge is -2.16. The minimum absolute atomic E-state index is 0.0141. The van der Waals surface area contributed by atoms with Crippen molar-refractivity contribution in [2.75, 3.05) is 12.4 Å². The van der Waals surface area contributed by atoms with Gasteiger partial charge in [-0.2, -0.15) is 0 Å². The third-order valence-electron chi connectivity index (χ3n) is 3.20. The SMILES string of the molecule is COc1cc(CNc2cc(Cl)c(O)c(Cl)c2)c(Cl)cc1OC(C)C. The summed E-state index contributed by atoms with van der Waals surface area (Å²) in [5.74, 6) is 1.06. The van der Waals surface area contributed by atoms with E-state index >= 15 is 0 Å². The zero-order valence-electron chi connectivity index (χ0n) is 13.5. The molecule has 4 nitrogen and oxygen atoms in total. The number of hydrogen-bond donors (Lipinski definition) is 2. The van der Waals surface area contributed by atoms with Crippen molar-refractivity contribution in [3.63, 3.8) is 0 Å². The van der Waals surface area contributed by atoms with Gasteiger partial charge in [0.25, 0.3) is 0 Å². The Morgan fingerprint density at radius 3 is 2.17 bits per heavy atom. The topological polar surface area (TPSA) is 50.7 Å². The highest BCUT2D eigenvalue weighted by Crippen LogP contribution is 2.36. The smallest absolute Gasteiger partial charge is 0.163 e. The molecule has 2 aromatic carbocycles. The first kappa shape index (κ1) is 18.8. The van der Waals surface area contributed by atoms with Crippen molar-refractivity contribution in [2.24, 2.45) is 0 Å². The molecule has 0 radical (unpaired) electrons. The fourth-order valence-corrected chi connectivity index (χ4v) is 2.79. The highest BCUT2D eigenvalue weighted by molar-refractivity contribution is 6.37. The quantitative estimate of drug-likeness (QED) is 0.616. The third-order valence-corrected chi connectivity index (χ3v) is 4.12. The van der Waals surface area contributed by atoms with Crippen LogP contribution in [-0.2, 0) is 6.54 Å². The molecule has 24 heavy (non-hydrogen) atoms. The summed E-state index contributed by atoms with van der Waals surface area (Å²) in [6, 6.07) is 6.72. The molecule has 0 saturated heterocycles. The van der Waals surface area contributed by atoms with E-state index in [4.69, 9.17) is 44.3 Å². The summed E-state index contributed by atoms with van der Waals surface area (Å²) in [5, 5.41) is 13.7. The summed E-state index contributed by atoms with van der Waals surface area (Å²) < 4.78 is 11.0. The maximum absolute atomic E-state index is 9.59. The number of phenols is 1. The highest BCUT2D eigenvalue weighted by Gasteiger charge is 2.13. The number of hydrogen-bond acceptors (Lipinski definition) is 4. The van der Waals surface area contributed by atoms with Gasteiger partial charge in [-0.3, -0.25) is 0 Å². The molecule has 0 bridgehead atoms. The lowest BCUT2D eigenvalue weighted by molar-refractivity contribution is 0.230. The number of methoxy groups -OCH3 is 1. The predicted octanol–water partition coefficient (Wildman–Crippen LogP) is 5.76. The van der Waals surface area contributed by atoms with Crippen molar-refractivity contribution >= 4 is 40.5 Å². The van der Waals surface area contributed by atoms with Crippen LogP contribution in [0.2, 0.25) is 15.1 Å². The molecule has 130 valence electrons. The Bertz CT molecular complexity index is 712. The maximum Gasteiger partial charge on any atom is 0.163 e. The molecule has 0 aliphatic carbocycles. The Morgan fingerprint density at radius 1 is 1.00 bits per heavy atom. The Morgan fingerprint density at radius 2 is 1.62 bits per heavy atom. The summed E-state index contributed by atoms with van der Waals surface area (Å²) in [5.41, 5.74) is 1.49. The van der Waals surface area contributed by atoms with E-state index < -0.39 is 0 Å². The molecule has 0 aliphatic rings. The van der Waals surface area contributed by atoms with Gasteiger partial charge in [0, 0.05) is 23.3 Å².